The summed E-state index contributed by atoms with van der Waals surface area (Å²) in [5, 5.41) is 0. The molecule has 0 aromatic heterocycles. The molecule has 1 fully saturated rings. The van der Waals surface area contributed by atoms with Gasteiger partial charge in [0.05, 0.1) is 0 Å². The van der Waals surface area contributed by atoms with Crippen molar-refractivity contribution in [3.05, 3.63) is 82.9 Å². The van der Waals surface area contributed by atoms with Crippen molar-refractivity contribution in [2.75, 3.05) is 19.6 Å². The van der Waals surface area contributed by atoms with Crippen LogP contribution in [0.15, 0.2) is 71.8 Å². The number of piperidine rings is 1. The van der Waals surface area contributed by atoms with Crippen LogP contribution in [0.4, 0.5) is 0 Å². The van der Waals surface area contributed by atoms with Crippen LogP contribution in [0, 0.1) is 0 Å². The van der Waals surface area contributed by atoms with Gasteiger partial charge in [-0.25, -0.2) is 0 Å². The van der Waals surface area contributed by atoms with Gasteiger partial charge in [0.1, 0.15) is 0 Å². The van der Waals surface area contributed by atoms with Crippen molar-refractivity contribution in [1.82, 2.24) is 4.90 Å². The maximum atomic E-state index is 12.8. The lowest BCUT2D eigenvalue weighted by Gasteiger charge is -2.28. The molecule has 23 heavy (non-hydrogen) atoms. The van der Waals surface area contributed by atoms with E-state index in [0.717, 1.165) is 41.9 Å². The topological polar surface area (TPSA) is 20.3 Å². The summed E-state index contributed by atoms with van der Waals surface area (Å²) in [7, 11) is 0. The summed E-state index contributed by atoms with van der Waals surface area (Å²) in [6, 6.07) is 20.1. The molecule has 0 unspecified atom stereocenters. The van der Waals surface area contributed by atoms with E-state index < -0.39 is 0 Å². The van der Waals surface area contributed by atoms with Gasteiger partial charge in [0, 0.05) is 24.2 Å². The van der Waals surface area contributed by atoms with E-state index in [1.165, 1.54) is 0 Å². The number of ketones is 1. The summed E-state index contributed by atoms with van der Waals surface area (Å²) in [5.74, 6) is 0.169. The Hall–Kier alpha value is -2.45. The average Bonchev–Trinajstić information content (AvgIpc) is 2.60. The van der Waals surface area contributed by atoms with E-state index in [-0.39, 0.29) is 5.78 Å². The molecule has 116 valence electrons. The molecule has 1 aliphatic heterocycles. The zero-order valence-corrected chi connectivity index (χ0v) is 13.4. The largest absolute Gasteiger partial charge is 0.295 e. The summed E-state index contributed by atoms with van der Waals surface area (Å²) in [5.41, 5.74) is 3.89. The third-order valence-electron chi connectivity index (χ3n) is 4.10. The molecule has 1 heterocycles. The van der Waals surface area contributed by atoms with Crippen LogP contribution in [-0.4, -0.2) is 30.3 Å². The third-order valence-corrected chi connectivity index (χ3v) is 4.10. The Morgan fingerprint density at radius 1 is 0.826 bits per heavy atom. The summed E-state index contributed by atoms with van der Waals surface area (Å²) < 4.78 is 0. The van der Waals surface area contributed by atoms with Gasteiger partial charge in [0.2, 0.25) is 0 Å². The molecule has 0 spiro atoms. The first kappa shape index (κ1) is 15.4. The van der Waals surface area contributed by atoms with Gasteiger partial charge in [-0.1, -0.05) is 67.6 Å². The standard InChI is InChI=1S/C21H21NO/c1-2-22-15-19(13-17-9-5-3-6-10-17)21(23)20(16-22)14-18-11-7-4-8-12-18/h3-14H,2,15-16H2,1H3/b19-13+,20-14+. The van der Waals surface area contributed by atoms with Gasteiger partial charge in [-0.3, -0.25) is 9.69 Å². The van der Waals surface area contributed by atoms with Crippen molar-refractivity contribution in [2.45, 2.75) is 6.92 Å². The Morgan fingerprint density at radius 2 is 1.26 bits per heavy atom. The molecular weight excluding hydrogens is 282 g/mol. The van der Waals surface area contributed by atoms with Crippen LogP contribution in [0.5, 0.6) is 0 Å². The number of rotatable bonds is 3. The molecule has 1 saturated heterocycles. The van der Waals surface area contributed by atoms with Crippen molar-refractivity contribution < 1.29 is 4.79 Å². The predicted molar refractivity (Wildman–Crippen MR) is 96.0 cm³/mol. The second kappa shape index (κ2) is 7.21. The number of hydrogen-bond acceptors (Lipinski definition) is 2. The highest BCUT2D eigenvalue weighted by molar-refractivity contribution is 6.14. The average molecular weight is 303 g/mol. The summed E-state index contributed by atoms with van der Waals surface area (Å²) >= 11 is 0. The van der Waals surface area contributed by atoms with E-state index in [2.05, 4.69) is 11.8 Å². The predicted octanol–water partition coefficient (Wildman–Crippen LogP) is 4.06. The smallest absolute Gasteiger partial charge is 0.187 e. The highest BCUT2D eigenvalue weighted by Gasteiger charge is 2.25. The maximum Gasteiger partial charge on any atom is 0.187 e. The fourth-order valence-corrected chi connectivity index (χ4v) is 2.83. The Labute approximate surface area is 137 Å². The molecule has 2 nitrogen and oxygen atoms in total. The van der Waals surface area contributed by atoms with Gasteiger partial charge in [-0.2, -0.15) is 0 Å². The third kappa shape index (κ3) is 3.85. The first-order valence-corrected chi connectivity index (χ1v) is 8.04. The summed E-state index contributed by atoms with van der Waals surface area (Å²) in [4.78, 5) is 15.1. The minimum Gasteiger partial charge on any atom is -0.295 e. The quantitative estimate of drug-likeness (QED) is 0.797. The molecule has 0 N–H and O–H groups in total. The summed E-state index contributed by atoms with van der Waals surface area (Å²) in [6.07, 6.45) is 4.03. The van der Waals surface area contributed by atoms with Gasteiger partial charge in [-0.15, -0.1) is 0 Å². The second-order valence-corrected chi connectivity index (χ2v) is 5.79. The molecule has 2 aromatic rings. The van der Waals surface area contributed by atoms with Crippen LogP contribution in [0.1, 0.15) is 18.1 Å². The lowest BCUT2D eigenvalue weighted by Crippen LogP contribution is -2.37. The Bertz CT molecular complexity index is 667. The van der Waals surface area contributed by atoms with E-state index in [4.69, 9.17) is 0 Å². The van der Waals surface area contributed by atoms with E-state index in [0.29, 0.717) is 0 Å². The molecule has 0 amide bonds. The zero-order valence-electron chi connectivity index (χ0n) is 13.4. The van der Waals surface area contributed by atoms with Gasteiger partial charge in [0.25, 0.3) is 0 Å². The molecule has 3 rings (SSSR count). The normalized spacial score (nSPS) is 19.4. The lowest BCUT2D eigenvalue weighted by atomic mass is 9.94. The molecule has 0 atom stereocenters. The van der Waals surface area contributed by atoms with Gasteiger partial charge >= 0.3 is 0 Å². The van der Waals surface area contributed by atoms with Crippen molar-refractivity contribution in [3.8, 4) is 0 Å². The van der Waals surface area contributed by atoms with Crippen molar-refractivity contribution in [3.63, 3.8) is 0 Å². The number of Topliss-reactive ketones (excluding diaryl/α,β-unsaturated/α-hetero) is 1. The number of likely N-dealkylation sites (tertiary alicyclic amines) is 1. The number of likely N-dealkylation sites (N-methyl/N-ethyl adjacent to an activating group) is 1. The Kier molecular flexibility index (Phi) is 4.84. The molecule has 2 aromatic carbocycles. The molecule has 0 radical (unpaired) electrons. The monoisotopic (exact) mass is 303 g/mol. The number of nitrogens with zero attached hydrogens (tertiary/aromatic N) is 1. The minimum absolute atomic E-state index is 0.169. The van der Waals surface area contributed by atoms with Crippen LogP contribution in [0.25, 0.3) is 12.2 Å². The van der Waals surface area contributed by atoms with Crippen LogP contribution in [0.2, 0.25) is 0 Å². The van der Waals surface area contributed by atoms with E-state index >= 15 is 0 Å². The van der Waals surface area contributed by atoms with Crippen LogP contribution in [0.3, 0.4) is 0 Å². The van der Waals surface area contributed by atoms with Gasteiger partial charge in [0.15, 0.2) is 5.78 Å². The molecule has 0 bridgehead atoms. The van der Waals surface area contributed by atoms with Gasteiger partial charge < -0.3 is 0 Å². The van der Waals surface area contributed by atoms with E-state index in [1.54, 1.807) is 0 Å². The van der Waals surface area contributed by atoms with E-state index in [1.807, 2.05) is 72.8 Å². The van der Waals surface area contributed by atoms with Gasteiger partial charge in [-0.05, 0) is 29.8 Å². The number of carbonyl (C=O) groups excluding carboxylic acids is 1. The highest BCUT2D eigenvalue weighted by atomic mass is 16.1. The molecule has 0 saturated carbocycles. The van der Waals surface area contributed by atoms with Crippen molar-refractivity contribution in [1.29, 1.82) is 0 Å². The first-order chi connectivity index (χ1) is 11.3. The Balaban J connectivity index is 1.94. The van der Waals surface area contributed by atoms with E-state index in [9.17, 15) is 4.79 Å². The second-order valence-electron chi connectivity index (χ2n) is 5.79. The molecule has 2 heteroatoms. The number of carbonyl (C=O) groups is 1. The molecular formula is C21H21NO. The number of benzene rings is 2. The molecule has 0 aliphatic carbocycles. The van der Waals surface area contributed by atoms with Crippen molar-refractivity contribution >= 4 is 17.9 Å². The summed E-state index contributed by atoms with van der Waals surface area (Å²) in [6.45, 7) is 4.51. The lowest BCUT2D eigenvalue weighted by molar-refractivity contribution is -0.113. The van der Waals surface area contributed by atoms with Crippen LogP contribution in [-0.2, 0) is 4.79 Å². The first-order valence-electron chi connectivity index (χ1n) is 8.04. The Morgan fingerprint density at radius 3 is 1.65 bits per heavy atom. The number of hydrogen-bond donors (Lipinski definition) is 0. The van der Waals surface area contributed by atoms with Crippen LogP contribution >= 0.6 is 0 Å². The fourth-order valence-electron chi connectivity index (χ4n) is 2.83. The van der Waals surface area contributed by atoms with Crippen molar-refractivity contribution in [2.24, 2.45) is 0 Å². The van der Waals surface area contributed by atoms with Crippen LogP contribution < -0.4 is 0 Å². The zero-order chi connectivity index (χ0) is 16.1. The highest BCUT2D eigenvalue weighted by Crippen LogP contribution is 2.21. The minimum atomic E-state index is 0.169. The SMILES string of the molecule is CCN1C/C(=C\c2ccccc2)C(=O)/C(=C/c2ccccc2)C1. The fraction of sp³-hybridized carbons (Fsp3) is 0.190. The maximum absolute atomic E-state index is 12.8. The molecule has 1 aliphatic rings.